The molecular weight excluding hydrogens is 1170 g/mol. The minimum atomic E-state index is -1.52. The molecule has 0 amide bonds. The second-order valence-electron chi connectivity index (χ2n) is 26.6. The highest BCUT2D eigenvalue weighted by Gasteiger charge is 2.25. The van der Waals surface area contributed by atoms with E-state index in [9.17, 15) is 19.5 Å². The molecule has 0 bridgehead atoms. The maximum atomic E-state index is 13.0. The number of carboxylic acids is 1. The van der Waals surface area contributed by atoms with Crippen molar-refractivity contribution in [2.45, 2.75) is 322 Å². The Morgan fingerprint density at radius 3 is 0.895 bits per heavy atom. The summed E-state index contributed by atoms with van der Waals surface area (Å²) in [6.07, 6.45) is 108. The third kappa shape index (κ3) is 76.1. The molecule has 0 aliphatic carbocycles. The Morgan fingerprint density at radius 1 is 0.326 bits per heavy atom. The second kappa shape index (κ2) is 74.7. The summed E-state index contributed by atoms with van der Waals surface area (Å²) in [5.74, 6) is -2.03. The van der Waals surface area contributed by atoms with Gasteiger partial charge in [0.25, 0.3) is 6.29 Å². The molecule has 0 radical (unpaired) electrons. The molecule has 0 saturated heterocycles. The molecule has 540 valence electrons. The van der Waals surface area contributed by atoms with E-state index in [1.807, 2.05) is 21.1 Å². The molecule has 0 aromatic heterocycles. The zero-order valence-electron chi connectivity index (χ0n) is 61.8. The van der Waals surface area contributed by atoms with Crippen LogP contribution < -0.4 is 0 Å². The van der Waals surface area contributed by atoms with Crippen LogP contribution in [0.25, 0.3) is 0 Å². The first-order chi connectivity index (χ1) is 46.6. The van der Waals surface area contributed by atoms with Gasteiger partial charge >= 0.3 is 17.9 Å². The molecule has 0 rings (SSSR count). The molecule has 0 spiro atoms. The topological polar surface area (TPSA) is 108 Å². The highest BCUT2D eigenvalue weighted by molar-refractivity contribution is 5.71. The molecule has 0 aromatic rings. The van der Waals surface area contributed by atoms with Crippen molar-refractivity contribution in [1.82, 2.24) is 0 Å². The number of quaternary nitrogens is 1. The molecule has 2 unspecified atom stereocenters. The number of carboxylic acid groups (broad SMARTS) is 1. The maximum Gasteiger partial charge on any atom is 0.361 e. The predicted octanol–water partition coefficient (Wildman–Crippen LogP) is 24.8. The molecule has 0 saturated carbocycles. The van der Waals surface area contributed by atoms with Crippen LogP contribution >= 0.6 is 0 Å². The van der Waals surface area contributed by atoms with Crippen LogP contribution in [0.2, 0.25) is 0 Å². The Morgan fingerprint density at radius 2 is 0.600 bits per heavy atom. The minimum Gasteiger partial charge on any atom is -0.477 e. The third-order valence-electron chi connectivity index (χ3n) is 16.3. The fourth-order valence-electron chi connectivity index (χ4n) is 10.4. The van der Waals surface area contributed by atoms with Gasteiger partial charge < -0.3 is 28.5 Å². The number of unbranched alkanes of at least 4 members (excludes halogenated alkanes) is 29. The van der Waals surface area contributed by atoms with Crippen LogP contribution in [-0.2, 0) is 33.3 Å². The maximum absolute atomic E-state index is 13.0. The Balaban J connectivity index is 4.15. The molecule has 2 atom stereocenters. The van der Waals surface area contributed by atoms with Crippen LogP contribution in [0.4, 0.5) is 0 Å². The lowest BCUT2D eigenvalue weighted by molar-refractivity contribution is -0.870. The van der Waals surface area contributed by atoms with E-state index in [-0.39, 0.29) is 32.2 Å². The summed E-state index contributed by atoms with van der Waals surface area (Å²) < 4.78 is 23.0. The average Bonchev–Trinajstić information content (AvgIpc) is 3.75. The van der Waals surface area contributed by atoms with Gasteiger partial charge in [0.15, 0.2) is 6.10 Å². The van der Waals surface area contributed by atoms with E-state index < -0.39 is 24.3 Å². The summed E-state index contributed by atoms with van der Waals surface area (Å²) in [7, 11) is 5.97. The summed E-state index contributed by atoms with van der Waals surface area (Å²) in [5, 5.41) is 9.77. The number of rotatable bonds is 70. The first kappa shape index (κ1) is 89.9. The number of allylic oxidation sites excluding steroid dienone is 26. The highest BCUT2D eigenvalue weighted by atomic mass is 16.7. The van der Waals surface area contributed by atoms with Crippen molar-refractivity contribution in [2.24, 2.45) is 0 Å². The molecule has 0 aliphatic rings. The highest BCUT2D eigenvalue weighted by Crippen LogP contribution is 2.17. The van der Waals surface area contributed by atoms with E-state index >= 15 is 0 Å². The van der Waals surface area contributed by atoms with Gasteiger partial charge in [-0.2, -0.15) is 0 Å². The van der Waals surface area contributed by atoms with Gasteiger partial charge in [0.1, 0.15) is 13.2 Å². The molecule has 9 nitrogen and oxygen atoms in total. The van der Waals surface area contributed by atoms with Gasteiger partial charge in [0, 0.05) is 12.8 Å². The molecule has 9 heteroatoms. The number of carbonyl (C=O) groups excluding carboxylic acids is 2. The molecule has 0 fully saturated rings. The summed E-state index contributed by atoms with van der Waals surface area (Å²) in [6.45, 7) is 4.74. The first-order valence-corrected chi connectivity index (χ1v) is 38.6. The van der Waals surface area contributed by atoms with Gasteiger partial charge in [0.2, 0.25) is 0 Å². The van der Waals surface area contributed by atoms with Crippen molar-refractivity contribution in [3.8, 4) is 0 Å². The van der Waals surface area contributed by atoms with Crippen molar-refractivity contribution < 1.29 is 42.9 Å². The fraction of sp³-hybridized carbons (Fsp3) is 0.663. The minimum absolute atomic E-state index is 0.178. The first-order valence-electron chi connectivity index (χ1n) is 38.6. The molecular formula is C86H144NO8+. The van der Waals surface area contributed by atoms with E-state index in [0.29, 0.717) is 23.9 Å². The summed E-state index contributed by atoms with van der Waals surface area (Å²) in [4.78, 5) is 37.7. The van der Waals surface area contributed by atoms with Gasteiger partial charge in [-0.15, -0.1) is 0 Å². The van der Waals surface area contributed by atoms with Gasteiger partial charge in [0.05, 0.1) is 34.4 Å². The predicted molar refractivity (Wildman–Crippen MR) is 410 cm³/mol. The second-order valence-corrected chi connectivity index (χ2v) is 26.6. The van der Waals surface area contributed by atoms with Crippen LogP contribution in [0.5, 0.6) is 0 Å². The van der Waals surface area contributed by atoms with Crippen LogP contribution in [0, 0.1) is 0 Å². The van der Waals surface area contributed by atoms with Gasteiger partial charge in [-0.3, -0.25) is 9.59 Å². The fourth-order valence-corrected chi connectivity index (χ4v) is 10.4. The Labute approximate surface area is 584 Å². The van der Waals surface area contributed by atoms with Gasteiger partial charge in [-0.05, 0) is 128 Å². The van der Waals surface area contributed by atoms with Crippen LogP contribution in [0.15, 0.2) is 158 Å². The van der Waals surface area contributed by atoms with E-state index in [1.165, 1.54) is 141 Å². The molecule has 0 heterocycles. The standard InChI is InChI=1S/C86H143NO8/c1-6-8-10-12-14-16-18-20-22-24-26-28-30-32-34-36-38-40-41-42-43-45-47-49-51-53-55-57-59-61-63-65-67-69-71-73-75-77-84(89)95-82(81-94-86(85(90)91)92-79-78-87(3,4)5)80-93-83(88)76-74-72-70-68-66-64-62-60-58-56-54-52-50-48-46-44-39-37-35-33-31-29-27-25-23-21-19-17-15-13-11-9-7-2/h8,10,14,16,19-22,25-28,31-34,38,40,42-43,47,49,53,55,59,61,82,86H,6-7,9,11-13,15,17-18,23-24,29-30,35-37,39,41,44-46,48,50-52,54,56-58,60,62-81H2,1-5H3/p+1/b10-8-,16-14-,21-19-,22-20-,27-25-,28-26-,33-31-,34-32-,40-38-,43-42-,49-47-,55-53-,61-59-. The van der Waals surface area contributed by atoms with Crippen LogP contribution in [0.1, 0.15) is 309 Å². The van der Waals surface area contributed by atoms with Crippen molar-refractivity contribution in [3.63, 3.8) is 0 Å². The average molecular weight is 1320 g/mol. The smallest absolute Gasteiger partial charge is 0.361 e. The van der Waals surface area contributed by atoms with E-state index in [1.54, 1.807) is 0 Å². The van der Waals surface area contributed by atoms with Gasteiger partial charge in [-0.25, -0.2) is 4.79 Å². The zero-order chi connectivity index (χ0) is 69.0. The number of hydrogen-bond donors (Lipinski definition) is 1. The number of hydrogen-bond acceptors (Lipinski definition) is 7. The van der Waals surface area contributed by atoms with Crippen molar-refractivity contribution in [2.75, 3.05) is 47.5 Å². The van der Waals surface area contributed by atoms with Crippen LogP contribution in [0.3, 0.4) is 0 Å². The van der Waals surface area contributed by atoms with E-state index in [4.69, 9.17) is 18.9 Å². The SMILES string of the molecule is CC/C=C\C/C=C\C/C=C\C/C=C\C/C=C\C/C=C\C/C=C\C/C=C\C/C=C\C/C=C\CCCCCCCCC(=O)OC(COC(=O)CCCCCCCCCCCCCCCCCCCC/C=C\C/C=C\C/C=C\CCCCCCC)COC(OCC[N+](C)(C)C)C(=O)O. The van der Waals surface area contributed by atoms with E-state index in [0.717, 1.165) is 135 Å². The lowest BCUT2D eigenvalue weighted by Crippen LogP contribution is -2.40. The Bertz CT molecular complexity index is 2130. The summed E-state index contributed by atoms with van der Waals surface area (Å²) in [5.41, 5.74) is 0. The summed E-state index contributed by atoms with van der Waals surface area (Å²) >= 11 is 0. The van der Waals surface area contributed by atoms with E-state index in [2.05, 4.69) is 172 Å². The van der Waals surface area contributed by atoms with Crippen LogP contribution in [-0.4, -0.2) is 87.4 Å². The van der Waals surface area contributed by atoms with Crippen molar-refractivity contribution in [1.29, 1.82) is 0 Å². The quantitative estimate of drug-likeness (QED) is 0.0211. The zero-order valence-corrected chi connectivity index (χ0v) is 61.8. The lowest BCUT2D eigenvalue weighted by atomic mass is 10.0. The Kier molecular flexibility index (Phi) is 70.7. The van der Waals surface area contributed by atoms with Crippen molar-refractivity contribution >= 4 is 17.9 Å². The normalized spacial score (nSPS) is 13.6. The molecule has 1 N–H and O–H groups in total. The van der Waals surface area contributed by atoms with Crippen molar-refractivity contribution in [3.05, 3.63) is 158 Å². The Hall–Kier alpha value is -5.09. The lowest BCUT2D eigenvalue weighted by Gasteiger charge is -2.25. The molecule has 0 aromatic carbocycles. The number of likely N-dealkylation sites (N-methyl/N-ethyl adjacent to an activating group) is 1. The number of carbonyl (C=O) groups is 3. The number of aliphatic carboxylic acids is 1. The van der Waals surface area contributed by atoms with Gasteiger partial charge in [-0.1, -0.05) is 326 Å². The number of ether oxygens (including phenoxy) is 4. The summed E-state index contributed by atoms with van der Waals surface area (Å²) in [6, 6.07) is 0. The number of esters is 2. The monoisotopic (exact) mass is 1320 g/mol. The molecule has 0 aliphatic heterocycles. The third-order valence-corrected chi connectivity index (χ3v) is 16.3. The number of nitrogens with zero attached hydrogens (tertiary/aromatic N) is 1. The largest absolute Gasteiger partial charge is 0.477 e. The molecule has 95 heavy (non-hydrogen) atoms.